The van der Waals surface area contributed by atoms with Crippen LogP contribution in [-0.2, 0) is 13.5 Å². The highest BCUT2D eigenvalue weighted by Crippen LogP contribution is 2.38. The second-order valence-electron chi connectivity index (χ2n) is 4.94. The summed E-state index contributed by atoms with van der Waals surface area (Å²) in [6.45, 7) is 3.87. The Bertz CT molecular complexity index is 655. The summed E-state index contributed by atoms with van der Waals surface area (Å²) in [6.07, 6.45) is 0.840. The lowest BCUT2D eigenvalue weighted by Gasteiger charge is -2.18. The van der Waals surface area contributed by atoms with Crippen LogP contribution < -0.4 is 15.2 Å². The van der Waals surface area contributed by atoms with Gasteiger partial charge in [0.05, 0.1) is 5.69 Å². The van der Waals surface area contributed by atoms with Crippen molar-refractivity contribution in [3.8, 4) is 11.5 Å². The quantitative estimate of drug-likeness (QED) is 0.938. The lowest BCUT2D eigenvalue weighted by molar-refractivity contribution is 0.171. The molecule has 5 nitrogen and oxygen atoms in total. The molecule has 6 heteroatoms. The fourth-order valence-electron chi connectivity index (χ4n) is 2.44. The fourth-order valence-corrected chi connectivity index (χ4v) is 3.51. The van der Waals surface area contributed by atoms with Crippen molar-refractivity contribution >= 4 is 11.8 Å². The van der Waals surface area contributed by atoms with Gasteiger partial charge in [0.2, 0.25) is 0 Å². The van der Waals surface area contributed by atoms with E-state index in [1.54, 1.807) is 11.8 Å². The Balaban J connectivity index is 1.90. The number of aromatic nitrogens is 2. The van der Waals surface area contributed by atoms with E-state index in [9.17, 15) is 0 Å². The molecule has 2 heterocycles. The van der Waals surface area contributed by atoms with Crippen molar-refractivity contribution in [1.29, 1.82) is 0 Å². The van der Waals surface area contributed by atoms with E-state index in [0.717, 1.165) is 33.5 Å². The number of aryl methyl sites for hydroxylation is 2. The Morgan fingerprint density at radius 3 is 2.81 bits per heavy atom. The Kier molecular flexibility index (Phi) is 4.07. The van der Waals surface area contributed by atoms with E-state index in [1.165, 1.54) is 5.56 Å². The zero-order chi connectivity index (χ0) is 14.8. The summed E-state index contributed by atoms with van der Waals surface area (Å²) in [4.78, 5) is 1.11. The van der Waals surface area contributed by atoms with Gasteiger partial charge in [-0.3, -0.25) is 4.68 Å². The van der Waals surface area contributed by atoms with Crippen molar-refractivity contribution in [3.05, 3.63) is 29.5 Å². The Labute approximate surface area is 128 Å². The monoisotopic (exact) mass is 305 g/mol. The number of fused-ring (bicyclic) bond motifs is 1. The summed E-state index contributed by atoms with van der Waals surface area (Å²) in [5.41, 5.74) is 7.98. The van der Waals surface area contributed by atoms with Crippen LogP contribution >= 0.6 is 11.8 Å². The first-order valence-electron chi connectivity index (χ1n) is 6.99. The number of nitrogens with two attached hydrogens (primary N) is 1. The van der Waals surface area contributed by atoms with Crippen LogP contribution in [0.1, 0.15) is 11.3 Å². The second kappa shape index (κ2) is 5.99. The molecule has 0 aliphatic carbocycles. The first-order valence-corrected chi connectivity index (χ1v) is 7.80. The molecule has 0 amide bonds. The van der Waals surface area contributed by atoms with Crippen LogP contribution in [0.5, 0.6) is 11.5 Å². The molecule has 1 aromatic heterocycles. The normalized spacial score (nSPS) is 13.5. The van der Waals surface area contributed by atoms with Crippen LogP contribution in [0, 0.1) is 6.92 Å². The van der Waals surface area contributed by atoms with Gasteiger partial charge in [-0.1, -0.05) is 11.8 Å². The molecule has 1 aliphatic rings. The highest BCUT2D eigenvalue weighted by Gasteiger charge is 2.16. The first kappa shape index (κ1) is 14.3. The molecule has 0 bridgehead atoms. The van der Waals surface area contributed by atoms with Gasteiger partial charge in [-0.15, -0.1) is 0 Å². The molecule has 0 spiro atoms. The maximum atomic E-state index is 5.71. The van der Waals surface area contributed by atoms with Crippen LogP contribution in [0.15, 0.2) is 28.1 Å². The highest BCUT2D eigenvalue weighted by atomic mass is 32.2. The van der Waals surface area contributed by atoms with Gasteiger partial charge < -0.3 is 15.2 Å². The zero-order valence-corrected chi connectivity index (χ0v) is 13.1. The summed E-state index contributed by atoms with van der Waals surface area (Å²) >= 11 is 1.68. The lowest BCUT2D eigenvalue weighted by Crippen LogP contribution is -2.15. The average molecular weight is 305 g/mol. The molecular weight excluding hydrogens is 286 g/mol. The van der Waals surface area contributed by atoms with Crippen molar-refractivity contribution in [2.45, 2.75) is 23.3 Å². The summed E-state index contributed by atoms with van der Waals surface area (Å²) < 4.78 is 13.1. The van der Waals surface area contributed by atoms with Crippen molar-refractivity contribution in [2.75, 3.05) is 19.8 Å². The van der Waals surface area contributed by atoms with Crippen LogP contribution in [-0.4, -0.2) is 29.5 Å². The standard InChI is InChI=1S/C15H19N3O2S/c1-10-12(5-6-16)15(18(2)17-10)21-11-3-4-13-14(9-11)20-8-7-19-13/h3-4,9H,5-8,16H2,1-2H3. The van der Waals surface area contributed by atoms with Crippen molar-refractivity contribution in [2.24, 2.45) is 12.8 Å². The summed E-state index contributed by atoms with van der Waals surface area (Å²) in [7, 11) is 1.97. The van der Waals surface area contributed by atoms with Gasteiger partial charge >= 0.3 is 0 Å². The predicted molar refractivity (Wildman–Crippen MR) is 82.3 cm³/mol. The van der Waals surface area contributed by atoms with Crippen molar-refractivity contribution in [1.82, 2.24) is 9.78 Å². The van der Waals surface area contributed by atoms with Gasteiger partial charge in [-0.2, -0.15) is 5.10 Å². The summed E-state index contributed by atoms with van der Waals surface area (Å²) in [5.74, 6) is 1.62. The van der Waals surface area contributed by atoms with Gasteiger partial charge in [-0.05, 0) is 38.1 Å². The molecule has 0 atom stereocenters. The molecule has 0 fully saturated rings. The van der Waals surface area contributed by atoms with Gasteiger partial charge in [0.1, 0.15) is 18.2 Å². The minimum Gasteiger partial charge on any atom is -0.486 e. The molecule has 1 aliphatic heterocycles. The van der Waals surface area contributed by atoms with E-state index in [1.807, 2.05) is 36.9 Å². The third-order valence-electron chi connectivity index (χ3n) is 3.41. The average Bonchev–Trinajstić information content (AvgIpc) is 2.75. The maximum Gasteiger partial charge on any atom is 0.162 e. The van der Waals surface area contributed by atoms with E-state index in [4.69, 9.17) is 15.2 Å². The first-order chi connectivity index (χ1) is 10.2. The number of rotatable bonds is 4. The minimum atomic E-state index is 0.602. The van der Waals surface area contributed by atoms with Gasteiger partial charge in [0.25, 0.3) is 0 Å². The predicted octanol–water partition coefficient (Wildman–Crippen LogP) is 2.15. The van der Waals surface area contributed by atoms with Crippen LogP contribution in [0.3, 0.4) is 0 Å². The smallest absolute Gasteiger partial charge is 0.162 e. The van der Waals surface area contributed by atoms with E-state index < -0.39 is 0 Å². The summed E-state index contributed by atoms with van der Waals surface area (Å²) in [5, 5.41) is 5.63. The molecule has 0 saturated carbocycles. The second-order valence-corrected chi connectivity index (χ2v) is 6.00. The highest BCUT2D eigenvalue weighted by molar-refractivity contribution is 7.99. The Morgan fingerprint density at radius 1 is 1.29 bits per heavy atom. The zero-order valence-electron chi connectivity index (χ0n) is 12.3. The van der Waals surface area contributed by atoms with E-state index >= 15 is 0 Å². The number of benzene rings is 1. The Hall–Kier alpha value is -1.66. The molecular formula is C15H19N3O2S. The lowest BCUT2D eigenvalue weighted by atomic mass is 10.2. The summed E-state index contributed by atoms with van der Waals surface area (Å²) in [6, 6.07) is 6.03. The molecule has 0 saturated heterocycles. The van der Waals surface area contributed by atoms with Gasteiger partial charge in [0, 0.05) is 17.5 Å². The van der Waals surface area contributed by atoms with Gasteiger partial charge in [0.15, 0.2) is 11.5 Å². The maximum absolute atomic E-state index is 5.71. The van der Waals surface area contributed by atoms with Crippen molar-refractivity contribution in [3.63, 3.8) is 0 Å². The van der Waals surface area contributed by atoms with Crippen molar-refractivity contribution < 1.29 is 9.47 Å². The van der Waals surface area contributed by atoms with E-state index in [0.29, 0.717) is 19.8 Å². The molecule has 1 aromatic carbocycles. The van der Waals surface area contributed by atoms with Crippen LogP contribution in [0.4, 0.5) is 0 Å². The number of nitrogens with zero attached hydrogens (tertiary/aromatic N) is 2. The van der Waals surface area contributed by atoms with E-state index in [-0.39, 0.29) is 0 Å². The number of hydrogen-bond donors (Lipinski definition) is 1. The van der Waals surface area contributed by atoms with Crippen LogP contribution in [0.25, 0.3) is 0 Å². The fraction of sp³-hybridized carbons (Fsp3) is 0.400. The molecule has 0 unspecified atom stereocenters. The molecule has 21 heavy (non-hydrogen) atoms. The molecule has 2 N–H and O–H groups in total. The Morgan fingerprint density at radius 2 is 2.05 bits per heavy atom. The van der Waals surface area contributed by atoms with Crippen LogP contribution in [0.2, 0.25) is 0 Å². The number of hydrogen-bond acceptors (Lipinski definition) is 5. The molecule has 0 radical (unpaired) electrons. The molecule has 112 valence electrons. The van der Waals surface area contributed by atoms with E-state index in [2.05, 4.69) is 5.10 Å². The third kappa shape index (κ3) is 2.87. The topological polar surface area (TPSA) is 62.3 Å². The number of ether oxygens (including phenoxy) is 2. The largest absolute Gasteiger partial charge is 0.486 e. The third-order valence-corrected chi connectivity index (χ3v) is 4.60. The molecule has 2 aromatic rings. The SMILES string of the molecule is Cc1nn(C)c(Sc2ccc3c(c2)OCCO3)c1CCN. The van der Waals surface area contributed by atoms with Gasteiger partial charge in [-0.25, -0.2) is 0 Å². The molecule has 3 rings (SSSR count). The minimum absolute atomic E-state index is 0.602.